The minimum Gasteiger partial charge on any atom is -0.478 e. The third-order valence-electron chi connectivity index (χ3n) is 3.43. The number of nitrogens with one attached hydrogen (secondary N) is 1. The first kappa shape index (κ1) is 17.2. The molecule has 126 valence electrons. The molecule has 23 heavy (non-hydrogen) atoms. The van der Waals surface area contributed by atoms with Gasteiger partial charge in [0.25, 0.3) is 0 Å². The summed E-state index contributed by atoms with van der Waals surface area (Å²) in [6.45, 7) is -0.317. The zero-order valence-corrected chi connectivity index (χ0v) is 12.9. The minimum atomic E-state index is -3.19. The molecule has 0 aromatic heterocycles. The van der Waals surface area contributed by atoms with E-state index < -0.39 is 39.6 Å². The first-order chi connectivity index (χ1) is 10.8. The molecular weight excluding hydrogens is 329 g/mol. The molecule has 2 unspecified atom stereocenters. The molecule has 0 aliphatic carbocycles. The fourth-order valence-corrected chi connectivity index (χ4v) is 3.94. The maximum Gasteiger partial charge on any atom is 0.346 e. The quantitative estimate of drug-likeness (QED) is 0.763. The smallest absolute Gasteiger partial charge is 0.346 e. The first-order valence-corrected chi connectivity index (χ1v) is 8.72. The summed E-state index contributed by atoms with van der Waals surface area (Å²) < 4.78 is 40.6. The van der Waals surface area contributed by atoms with Crippen LogP contribution in [0.4, 0.5) is 4.39 Å². The molecular formula is C14H16FNO6S. The van der Waals surface area contributed by atoms with Crippen LogP contribution in [0.2, 0.25) is 0 Å². The van der Waals surface area contributed by atoms with E-state index in [-0.39, 0.29) is 30.2 Å². The van der Waals surface area contributed by atoms with Gasteiger partial charge in [-0.15, -0.1) is 0 Å². The standard InChI is InChI=1S/C14H16FNO6S/c15-10-1-3-11(4-2-10)22-12(14(18)19)7-16-13(17)9-5-6-23(20,21)8-9/h1-4,9,12H,5-8H2,(H,16,17)(H,18,19). The zero-order chi connectivity index (χ0) is 17.0. The Morgan fingerprint density at radius 3 is 2.52 bits per heavy atom. The predicted molar refractivity (Wildman–Crippen MR) is 78.2 cm³/mol. The highest BCUT2D eigenvalue weighted by Gasteiger charge is 2.33. The molecule has 1 heterocycles. The molecule has 1 fully saturated rings. The summed E-state index contributed by atoms with van der Waals surface area (Å²) >= 11 is 0. The molecule has 1 aliphatic heterocycles. The number of benzene rings is 1. The monoisotopic (exact) mass is 345 g/mol. The summed E-state index contributed by atoms with van der Waals surface area (Å²) in [5.41, 5.74) is 0. The van der Waals surface area contributed by atoms with Gasteiger partial charge in [-0.2, -0.15) is 0 Å². The van der Waals surface area contributed by atoms with Crippen molar-refractivity contribution in [1.29, 1.82) is 0 Å². The highest BCUT2D eigenvalue weighted by molar-refractivity contribution is 7.91. The Kier molecular flexibility index (Phi) is 5.19. The lowest BCUT2D eigenvalue weighted by Crippen LogP contribution is -2.42. The molecule has 9 heteroatoms. The van der Waals surface area contributed by atoms with Crippen LogP contribution in [0.1, 0.15) is 6.42 Å². The molecule has 1 aromatic carbocycles. The van der Waals surface area contributed by atoms with E-state index in [0.717, 1.165) is 12.1 Å². The van der Waals surface area contributed by atoms with Crippen LogP contribution in [-0.2, 0) is 19.4 Å². The number of hydrogen-bond acceptors (Lipinski definition) is 5. The van der Waals surface area contributed by atoms with Crippen LogP contribution in [0, 0.1) is 11.7 Å². The molecule has 2 atom stereocenters. The van der Waals surface area contributed by atoms with E-state index in [1.165, 1.54) is 12.1 Å². The van der Waals surface area contributed by atoms with E-state index >= 15 is 0 Å². The maximum atomic E-state index is 12.8. The molecule has 2 N–H and O–H groups in total. The number of ether oxygens (including phenoxy) is 1. The maximum absolute atomic E-state index is 12.8. The molecule has 7 nitrogen and oxygen atoms in total. The van der Waals surface area contributed by atoms with Gasteiger partial charge in [0.2, 0.25) is 12.0 Å². The van der Waals surface area contributed by atoms with Gasteiger partial charge in [0.15, 0.2) is 9.84 Å². The lowest BCUT2D eigenvalue weighted by atomic mass is 10.1. The van der Waals surface area contributed by atoms with Crippen LogP contribution in [-0.4, -0.2) is 49.6 Å². The Morgan fingerprint density at radius 2 is 2.00 bits per heavy atom. The van der Waals surface area contributed by atoms with Crippen LogP contribution >= 0.6 is 0 Å². The summed E-state index contributed by atoms with van der Waals surface area (Å²) in [4.78, 5) is 23.0. The Labute approximate surface area is 132 Å². The van der Waals surface area contributed by atoms with E-state index in [2.05, 4.69) is 5.32 Å². The van der Waals surface area contributed by atoms with Crippen molar-refractivity contribution in [2.24, 2.45) is 5.92 Å². The lowest BCUT2D eigenvalue weighted by molar-refractivity contribution is -0.145. The van der Waals surface area contributed by atoms with Crippen molar-refractivity contribution in [1.82, 2.24) is 5.32 Å². The third kappa shape index (κ3) is 4.92. The van der Waals surface area contributed by atoms with Crippen LogP contribution in [0.15, 0.2) is 24.3 Å². The van der Waals surface area contributed by atoms with Crippen LogP contribution < -0.4 is 10.1 Å². The largest absolute Gasteiger partial charge is 0.478 e. The number of amides is 1. The third-order valence-corrected chi connectivity index (χ3v) is 5.20. The second-order valence-corrected chi connectivity index (χ2v) is 7.47. The van der Waals surface area contributed by atoms with Gasteiger partial charge in [0.1, 0.15) is 11.6 Å². The predicted octanol–water partition coefficient (Wildman–Crippen LogP) is 0.209. The van der Waals surface area contributed by atoms with Crippen LogP contribution in [0.3, 0.4) is 0 Å². The number of rotatable bonds is 6. The number of hydrogen-bond donors (Lipinski definition) is 2. The zero-order valence-electron chi connectivity index (χ0n) is 12.1. The highest BCUT2D eigenvalue weighted by Crippen LogP contribution is 2.18. The van der Waals surface area contributed by atoms with E-state index in [0.29, 0.717) is 0 Å². The molecule has 2 rings (SSSR count). The SMILES string of the molecule is O=C(NCC(Oc1ccc(F)cc1)C(=O)O)C1CCS(=O)(=O)C1. The van der Waals surface area contributed by atoms with Gasteiger partial charge in [-0.25, -0.2) is 17.6 Å². The van der Waals surface area contributed by atoms with Crippen molar-refractivity contribution in [3.63, 3.8) is 0 Å². The second-order valence-electron chi connectivity index (χ2n) is 5.24. The van der Waals surface area contributed by atoms with Crippen molar-refractivity contribution < 1.29 is 32.2 Å². The summed E-state index contributed by atoms with van der Waals surface area (Å²) in [5, 5.41) is 11.5. The van der Waals surface area contributed by atoms with Crippen molar-refractivity contribution in [3.8, 4) is 5.75 Å². The minimum absolute atomic E-state index is 0.0421. The summed E-state index contributed by atoms with van der Waals surface area (Å²) in [5.74, 6) is -3.08. The summed E-state index contributed by atoms with van der Waals surface area (Å²) in [6, 6.07) is 4.79. The molecule has 1 saturated heterocycles. The van der Waals surface area contributed by atoms with Crippen LogP contribution in [0.5, 0.6) is 5.75 Å². The molecule has 0 spiro atoms. The number of halogens is 1. The van der Waals surface area contributed by atoms with Gasteiger partial charge < -0.3 is 15.2 Å². The first-order valence-electron chi connectivity index (χ1n) is 6.90. The Bertz CT molecular complexity index is 688. The molecule has 1 aromatic rings. The fourth-order valence-electron chi connectivity index (χ4n) is 2.20. The molecule has 0 bridgehead atoms. The second kappa shape index (κ2) is 6.95. The Morgan fingerprint density at radius 1 is 1.35 bits per heavy atom. The molecule has 1 aliphatic rings. The fraction of sp³-hybridized carbons (Fsp3) is 0.429. The van der Waals surface area contributed by atoms with E-state index in [1.807, 2.05) is 0 Å². The molecule has 0 radical (unpaired) electrons. The van der Waals surface area contributed by atoms with Gasteiger partial charge in [-0.05, 0) is 30.7 Å². The summed E-state index contributed by atoms with van der Waals surface area (Å²) in [7, 11) is -3.19. The number of carbonyl (C=O) groups is 2. The normalized spacial score (nSPS) is 20.7. The number of carboxylic acid groups (broad SMARTS) is 1. The lowest BCUT2D eigenvalue weighted by Gasteiger charge is -2.17. The van der Waals surface area contributed by atoms with E-state index in [9.17, 15) is 22.4 Å². The van der Waals surface area contributed by atoms with Crippen molar-refractivity contribution in [2.75, 3.05) is 18.1 Å². The average molecular weight is 345 g/mol. The number of carboxylic acids is 1. The van der Waals surface area contributed by atoms with Gasteiger partial charge >= 0.3 is 5.97 Å². The highest BCUT2D eigenvalue weighted by atomic mass is 32.2. The molecule has 1 amide bonds. The number of aliphatic carboxylic acids is 1. The van der Waals surface area contributed by atoms with Crippen molar-refractivity contribution in [3.05, 3.63) is 30.1 Å². The Balaban J connectivity index is 1.91. The molecule has 0 saturated carbocycles. The van der Waals surface area contributed by atoms with Gasteiger partial charge in [0.05, 0.1) is 24.0 Å². The average Bonchev–Trinajstić information content (AvgIpc) is 2.85. The van der Waals surface area contributed by atoms with E-state index in [1.54, 1.807) is 0 Å². The van der Waals surface area contributed by atoms with E-state index in [4.69, 9.17) is 9.84 Å². The van der Waals surface area contributed by atoms with Crippen molar-refractivity contribution >= 4 is 21.7 Å². The van der Waals surface area contributed by atoms with Gasteiger partial charge in [-0.3, -0.25) is 4.79 Å². The van der Waals surface area contributed by atoms with Crippen molar-refractivity contribution in [2.45, 2.75) is 12.5 Å². The number of carbonyl (C=O) groups excluding carboxylic acids is 1. The Hall–Kier alpha value is -2.16. The van der Waals surface area contributed by atoms with Crippen LogP contribution in [0.25, 0.3) is 0 Å². The summed E-state index contributed by atoms with van der Waals surface area (Å²) in [6.07, 6.45) is -1.13. The topological polar surface area (TPSA) is 110 Å². The van der Waals surface area contributed by atoms with Gasteiger partial charge in [0, 0.05) is 0 Å². The van der Waals surface area contributed by atoms with Gasteiger partial charge in [-0.1, -0.05) is 0 Å². The number of sulfone groups is 1.